The molecule has 5 aromatic heterocycles. The number of aliphatic carboxylic acids is 1. The minimum Gasteiger partial charge on any atom is -0.479 e. The molecule has 5 aromatic carbocycles. The van der Waals surface area contributed by atoms with Crippen LogP contribution in [-0.4, -0.2) is 65.9 Å². The number of allylic oxidation sites excluding steroid dienone is 2. The van der Waals surface area contributed by atoms with E-state index in [4.69, 9.17) is 42.6 Å². The summed E-state index contributed by atoms with van der Waals surface area (Å²) in [5.41, 5.74) is 16.8. The number of pyridine rings is 3. The Bertz CT molecular complexity index is 4260. The molecule has 12 nitrogen and oxygen atoms in total. The number of thiazole rings is 2. The third-order valence-corrected chi connectivity index (χ3v) is 17.3. The van der Waals surface area contributed by atoms with Crippen LogP contribution < -0.4 is 4.90 Å². The van der Waals surface area contributed by atoms with Crippen LogP contribution in [-0.2, 0) is 30.3 Å². The zero-order valence-corrected chi connectivity index (χ0v) is 52.5. The fraction of sp³-hybridized carbons (Fsp3) is 0.246. The van der Waals surface area contributed by atoms with Crippen LogP contribution in [0.1, 0.15) is 108 Å². The van der Waals surface area contributed by atoms with Crippen molar-refractivity contribution in [3.05, 3.63) is 183 Å². The average molecular weight is 1210 g/mol. The van der Waals surface area contributed by atoms with E-state index in [1.807, 2.05) is 171 Å². The van der Waals surface area contributed by atoms with Crippen LogP contribution in [0, 0.1) is 13.8 Å². The van der Waals surface area contributed by atoms with E-state index < -0.39 is 29.4 Å². The van der Waals surface area contributed by atoms with E-state index in [-0.39, 0.29) is 11.7 Å². The number of amides is 1. The summed E-state index contributed by atoms with van der Waals surface area (Å²) < 4.78 is 14.4. The van der Waals surface area contributed by atoms with E-state index in [0.717, 1.165) is 121 Å². The molecule has 5 heterocycles. The number of carbonyl (C=O) groups excluding carboxylic acids is 2. The maximum Gasteiger partial charge on any atom is 0.337 e. The van der Waals surface area contributed by atoms with E-state index in [1.54, 1.807) is 42.6 Å². The van der Waals surface area contributed by atoms with Gasteiger partial charge < -0.3 is 19.5 Å². The predicted molar refractivity (Wildman–Crippen MR) is 347 cm³/mol. The summed E-state index contributed by atoms with van der Waals surface area (Å²) >= 11 is 15.6. The van der Waals surface area contributed by atoms with Gasteiger partial charge in [-0.3, -0.25) is 24.5 Å². The molecule has 0 saturated heterocycles. The van der Waals surface area contributed by atoms with Gasteiger partial charge in [-0.05, 0) is 181 Å². The van der Waals surface area contributed by atoms with Gasteiger partial charge in [-0.2, -0.15) is 0 Å². The van der Waals surface area contributed by atoms with Gasteiger partial charge in [0, 0.05) is 99.2 Å². The number of nitrogens with zero attached hydrogens (tertiary/aromatic N) is 6. The number of carboxylic acid groups (broad SMARTS) is 1. The molecule has 1 N–H and O–H groups in total. The molecule has 0 unspecified atom stereocenters. The number of hydrogen-bond acceptors (Lipinski definition) is 12. The van der Waals surface area contributed by atoms with Gasteiger partial charge in [-0.1, -0.05) is 65.7 Å². The van der Waals surface area contributed by atoms with E-state index in [0.29, 0.717) is 15.6 Å². The second-order valence-electron chi connectivity index (χ2n) is 23.2. The number of ether oxygens (including phenoxy) is 2. The third kappa shape index (κ3) is 13.2. The van der Waals surface area contributed by atoms with E-state index in [2.05, 4.69) is 34.0 Å². The maximum absolute atomic E-state index is 13.1. The lowest BCUT2D eigenvalue weighted by Crippen LogP contribution is -2.28. The Kier molecular flexibility index (Phi) is 17.2. The van der Waals surface area contributed by atoms with Crippen LogP contribution in [0.15, 0.2) is 140 Å². The number of Topliss-reactive ketones (excluding diaryl/α,β-unsaturated/α-hetero) is 1. The van der Waals surface area contributed by atoms with Crippen molar-refractivity contribution in [1.82, 2.24) is 24.9 Å². The smallest absolute Gasteiger partial charge is 0.337 e. The molecule has 1 amide bonds. The van der Waals surface area contributed by atoms with Crippen LogP contribution >= 0.6 is 45.9 Å². The van der Waals surface area contributed by atoms with Crippen LogP contribution in [0.5, 0.6) is 0 Å². The van der Waals surface area contributed by atoms with Crippen LogP contribution in [0.3, 0.4) is 0 Å². The number of anilines is 1. The molecule has 1 aliphatic carbocycles. The quantitative estimate of drug-likeness (QED) is 0.117. The highest BCUT2D eigenvalue weighted by molar-refractivity contribution is 7.22. The summed E-state index contributed by atoms with van der Waals surface area (Å²) in [6.07, 6.45) is 6.61. The molecule has 0 saturated carbocycles. The van der Waals surface area contributed by atoms with Crippen LogP contribution in [0.4, 0.5) is 5.69 Å². The van der Waals surface area contributed by atoms with Crippen LogP contribution in [0.2, 0.25) is 10.0 Å². The van der Waals surface area contributed by atoms with Crippen molar-refractivity contribution in [3.63, 3.8) is 0 Å². The molecule has 2 atom stereocenters. The minimum absolute atomic E-state index is 0.0281. The summed E-state index contributed by atoms with van der Waals surface area (Å²) in [5.74, 6) is -1.13. The van der Waals surface area contributed by atoms with Gasteiger partial charge in [0.15, 0.2) is 11.9 Å². The first-order valence-electron chi connectivity index (χ1n) is 27.7. The maximum atomic E-state index is 13.1. The van der Waals surface area contributed by atoms with Crippen LogP contribution in [0.25, 0.3) is 91.9 Å². The highest BCUT2D eigenvalue weighted by Gasteiger charge is 2.34. The fourth-order valence-electron chi connectivity index (χ4n) is 10.4. The Morgan fingerprint density at radius 3 is 1.51 bits per heavy atom. The largest absolute Gasteiger partial charge is 0.479 e. The van der Waals surface area contributed by atoms with Gasteiger partial charge >= 0.3 is 5.97 Å². The molecular formula is C69H64Cl2N6O6S2. The van der Waals surface area contributed by atoms with Gasteiger partial charge in [0.1, 0.15) is 16.1 Å². The Morgan fingerprint density at radius 2 is 1.05 bits per heavy atom. The Hall–Kier alpha value is -7.82. The Morgan fingerprint density at radius 1 is 0.588 bits per heavy atom. The van der Waals surface area contributed by atoms with Gasteiger partial charge in [0.25, 0.3) is 0 Å². The van der Waals surface area contributed by atoms with Crippen molar-refractivity contribution < 1.29 is 29.0 Å². The number of hydrogen-bond donors (Lipinski definition) is 1. The number of rotatable bonds is 13. The van der Waals surface area contributed by atoms with Crippen molar-refractivity contribution in [3.8, 4) is 65.9 Å². The van der Waals surface area contributed by atoms with E-state index in [9.17, 15) is 19.5 Å². The van der Waals surface area contributed by atoms with E-state index in [1.165, 1.54) is 29.4 Å². The summed E-state index contributed by atoms with van der Waals surface area (Å²) in [6, 6.07) is 37.0. The number of aryl methyl sites for hydroxylation is 2. The van der Waals surface area contributed by atoms with Gasteiger partial charge in [0.05, 0.1) is 48.7 Å². The first-order chi connectivity index (χ1) is 40.3. The molecule has 16 heteroatoms. The van der Waals surface area contributed by atoms with Gasteiger partial charge in [-0.25, -0.2) is 14.8 Å². The molecule has 11 rings (SSSR count). The van der Waals surface area contributed by atoms with E-state index >= 15 is 0 Å². The molecule has 432 valence electrons. The number of carbonyl (C=O) groups is 3. The van der Waals surface area contributed by atoms with Crippen molar-refractivity contribution in [1.29, 1.82) is 0 Å². The molecular weight excluding hydrogens is 1140 g/mol. The minimum atomic E-state index is -1.16. The number of aromatic nitrogens is 5. The second-order valence-corrected chi connectivity index (χ2v) is 26.0. The van der Waals surface area contributed by atoms with Gasteiger partial charge in [0.2, 0.25) is 5.91 Å². The molecule has 0 bridgehead atoms. The Balaban J connectivity index is 0.000000189. The lowest BCUT2D eigenvalue weighted by molar-refractivity contribution is -0.160. The number of ketones is 1. The highest BCUT2D eigenvalue weighted by Crippen LogP contribution is 2.47. The molecule has 10 aromatic rings. The lowest BCUT2D eigenvalue weighted by Gasteiger charge is -2.29. The van der Waals surface area contributed by atoms with Crippen molar-refractivity contribution in [2.75, 3.05) is 11.9 Å². The van der Waals surface area contributed by atoms with Gasteiger partial charge in [-0.15, -0.1) is 22.7 Å². The first kappa shape index (κ1) is 60.3. The lowest BCUT2D eigenvalue weighted by atomic mass is 9.90. The summed E-state index contributed by atoms with van der Waals surface area (Å²) in [7, 11) is 1.75. The normalized spacial score (nSPS) is 13.0. The predicted octanol–water partition coefficient (Wildman–Crippen LogP) is 18.0. The topological polar surface area (TPSA) is 158 Å². The fourth-order valence-corrected chi connectivity index (χ4v) is 12.9. The van der Waals surface area contributed by atoms with Crippen molar-refractivity contribution in [2.45, 2.75) is 106 Å². The summed E-state index contributed by atoms with van der Waals surface area (Å²) in [4.78, 5) is 63.0. The highest BCUT2D eigenvalue weighted by atomic mass is 35.5. The molecule has 0 radical (unpaired) electrons. The monoisotopic (exact) mass is 1210 g/mol. The Labute approximate surface area is 513 Å². The molecule has 0 fully saturated rings. The summed E-state index contributed by atoms with van der Waals surface area (Å²) in [5, 5.41) is 13.2. The standard InChI is InChI=1S/C35H34ClN3O3S.C34H30ClN3O3S/c1-20-18-29-33(31(24-8-12-26(36)13-9-24)30(20)32(21(2)40)42-35(4,5)6)43-34(38-29)25-16-17-37-28(19-25)23-10-14-27(15-11-23)39(7)22(3)41;1-18-6-11-25-24(18)15-22(17-37-25)26-16-21(12-13-36-26)32-38-27-14-19(2)28(30(33(39)40)41-34(3,4)5)29(31(27)42-32)20-7-9-23(35)10-8-20/h8-19,32H,1-7H3;6-10,12-17,30H,11H2,1-5H3,(H,39,40)/t32-;30-/m10/s1. The zero-order valence-electron chi connectivity index (χ0n) is 49.4. The molecule has 1 aliphatic rings. The zero-order chi connectivity index (χ0) is 60.8. The average Bonchev–Trinajstić information content (AvgIpc) is 1.85. The molecule has 85 heavy (non-hydrogen) atoms. The number of fused-ring (bicyclic) bond motifs is 3. The SMILES string of the molecule is CC(=O)[C@@H](OC(C)(C)C)c1c(C)cc2nc(-c3ccnc(-c4ccc(N(C)C(C)=O)cc4)c3)sc2c1-c1ccc(Cl)cc1.CC1=CCc2ncc(-c3cc(-c4nc5cc(C)c([C@H](OC(C)(C)C)C(=O)O)c(-c6ccc(Cl)cc6)c5s4)ccn3)cc21. The molecule has 0 spiro atoms. The van der Waals surface area contributed by atoms with Crippen molar-refractivity contribution >= 4 is 95.2 Å². The van der Waals surface area contributed by atoms with Crippen molar-refractivity contribution in [2.24, 2.45) is 0 Å². The molecule has 0 aliphatic heterocycles. The number of carboxylic acids is 1. The summed E-state index contributed by atoms with van der Waals surface area (Å²) in [6.45, 7) is 20.6. The first-order valence-corrected chi connectivity index (χ1v) is 30.1. The second kappa shape index (κ2) is 24.3. The third-order valence-electron chi connectivity index (χ3n) is 14.5. The number of benzene rings is 5. The number of halogens is 2.